The van der Waals surface area contributed by atoms with Gasteiger partial charge >= 0.3 is 0 Å². The van der Waals surface area contributed by atoms with Crippen LogP contribution in [0.1, 0.15) is 38.2 Å². The Morgan fingerprint density at radius 2 is 1.43 bits per heavy atom. The van der Waals surface area contributed by atoms with Crippen molar-refractivity contribution in [3.63, 3.8) is 0 Å². The fourth-order valence-electron chi connectivity index (χ4n) is 5.31. The molecule has 212 valence electrons. The Kier molecular flexibility index (Phi) is 7.44. The number of aromatic nitrogens is 1. The first-order valence-electron chi connectivity index (χ1n) is 13.5. The Balaban J connectivity index is 1.42. The molecule has 0 bridgehead atoms. The van der Waals surface area contributed by atoms with Crippen molar-refractivity contribution in [2.75, 3.05) is 14.2 Å². The van der Waals surface area contributed by atoms with E-state index in [1.165, 1.54) is 24.3 Å². The number of benzene rings is 4. The Bertz CT molecular complexity index is 1760. The molecule has 4 aromatic carbocycles. The van der Waals surface area contributed by atoms with Gasteiger partial charge in [0.25, 0.3) is 5.91 Å². The number of fused-ring (bicyclic) bond motifs is 2. The highest BCUT2D eigenvalue weighted by atomic mass is 19.1. The number of hydrogen-bond donors (Lipinski definition) is 0. The molecule has 0 radical (unpaired) electrons. The topological polar surface area (TPSA) is 60.9 Å². The number of methoxy groups -OCH3 is 2. The van der Waals surface area contributed by atoms with Crippen molar-refractivity contribution < 1.29 is 27.8 Å². The monoisotopic (exact) mass is 566 g/mol. The zero-order valence-electron chi connectivity index (χ0n) is 23.2. The van der Waals surface area contributed by atoms with Gasteiger partial charge in [-0.25, -0.2) is 8.78 Å². The summed E-state index contributed by atoms with van der Waals surface area (Å²) >= 11 is 0. The van der Waals surface area contributed by atoms with Crippen molar-refractivity contribution in [2.24, 2.45) is 0 Å². The highest BCUT2D eigenvalue weighted by Gasteiger charge is 2.36. The molecular formula is C34H28F2N2O4. The lowest BCUT2D eigenvalue weighted by atomic mass is 9.99. The molecule has 1 aliphatic heterocycles. The number of carbonyl (C=O) groups excluding carboxylic acids is 1. The molecule has 1 aromatic heterocycles. The van der Waals surface area contributed by atoms with Gasteiger partial charge in [-0.1, -0.05) is 36.4 Å². The third-order valence-corrected chi connectivity index (χ3v) is 7.41. The number of pyridine rings is 1. The Morgan fingerprint density at radius 1 is 0.786 bits per heavy atom. The van der Waals surface area contributed by atoms with Crippen LogP contribution >= 0.6 is 0 Å². The third-order valence-electron chi connectivity index (χ3n) is 7.41. The standard InChI is InChI=1S/C34H28F2N2O4/c1-40-27-13-7-23(8-14-27)20-42-33-30-29(19-38(34(30)39)18-22-5-11-26(36)12-6-22)32(41-2)28-16-24(17-37-31(28)33)15-21-3-9-25(35)10-4-21/h3-14,16-17H,15,18-20H2,1-2H3. The summed E-state index contributed by atoms with van der Waals surface area (Å²) < 4.78 is 44.5. The van der Waals surface area contributed by atoms with E-state index in [2.05, 4.69) is 0 Å². The van der Waals surface area contributed by atoms with Crippen LogP contribution in [0.5, 0.6) is 17.2 Å². The molecule has 2 heterocycles. The molecule has 0 N–H and O–H groups in total. The molecule has 6 nitrogen and oxygen atoms in total. The van der Waals surface area contributed by atoms with Gasteiger partial charge in [-0.2, -0.15) is 0 Å². The number of hydrogen-bond acceptors (Lipinski definition) is 5. The summed E-state index contributed by atoms with van der Waals surface area (Å²) in [5, 5.41) is 0.719. The Hall–Kier alpha value is -4.98. The van der Waals surface area contributed by atoms with Crippen molar-refractivity contribution in [2.45, 2.75) is 26.1 Å². The van der Waals surface area contributed by atoms with Crippen molar-refractivity contribution in [3.05, 3.63) is 130 Å². The molecule has 5 aromatic rings. The van der Waals surface area contributed by atoms with Crippen LogP contribution in [-0.4, -0.2) is 30.0 Å². The molecule has 0 aliphatic carbocycles. The van der Waals surface area contributed by atoms with Gasteiger partial charge in [0.05, 0.1) is 26.3 Å². The second-order valence-corrected chi connectivity index (χ2v) is 10.2. The lowest BCUT2D eigenvalue weighted by Gasteiger charge is -2.17. The summed E-state index contributed by atoms with van der Waals surface area (Å²) in [5.41, 5.74) is 5.18. The zero-order chi connectivity index (χ0) is 29.2. The van der Waals surface area contributed by atoms with Gasteiger partial charge in [0, 0.05) is 23.7 Å². The summed E-state index contributed by atoms with van der Waals surface area (Å²) in [5.74, 6) is 0.838. The molecule has 0 fully saturated rings. The third kappa shape index (κ3) is 5.35. The number of rotatable bonds is 9. The lowest BCUT2D eigenvalue weighted by Crippen LogP contribution is -2.23. The number of carbonyl (C=O) groups is 1. The first-order chi connectivity index (χ1) is 20.4. The molecule has 42 heavy (non-hydrogen) atoms. The lowest BCUT2D eigenvalue weighted by molar-refractivity contribution is 0.0763. The fraction of sp³-hybridized carbons (Fsp3) is 0.176. The van der Waals surface area contributed by atoms with E-state index in [9.17, 15) is 13.6 Å². The number of nitrogens with zero attached hydrogens (tertiary/aromatic N) is 2. The minimum Gasteiger partial charge on any atom is -0.497 e. The van der Waals surface area contributed by atoms with E-state index >= 15 is 0 Å². The quantitative estimate of drug-likeness (QED) is 0.195. The predicted octanol–water partition coefficient (Wildman–Crippen LogP) is 6.86. The normalized spacial score (nSPS) is 12.5. The van der Waals surface area contributed by atoms with Crippen molar-refractivity contribution in [3.8, 4) is 17.2 Å². The zero-order valence-corrected chi connectivity index (χ0v) is 23.2. The second kappa shape index (κ2) is 11.5. The number of amides is 1. The smallest absolute Gasteiger partial charge is 0.258 e. The van der Waals surface area contributed by atoms with E-state index in [1.807, 2.05) is 30.3 Å². The molecule has 0 saturated heterocycles. The van der Waals surface area contributed by atoms with E-state index in [0.717, 1.165) is 33.4 Å². The molecule has 0 spiro atoms. The summed E-state index contributed by atoms with van der Waals surface area (Å²) in [7, 11) is 3.18. The highest BCUT2D eigenvalue weighted by molar-refractivity contribution is 6.09. The molecule has 6 rings (SSSR count). The molecule has 0 unspecified atom stereocenters. The van der Waals surface area contributed by atoms with Gasteiger partial charge < -0.3 is 19.1 Å². The Morgan fingerprint density at radius 3 is 2.07 bits per heavy atom. The van der Waals surface area contributed by atoms with Gasteiger partial charge in [-0.05, 0) is 71.1 Å². The molecule has 1 amide bonds. The van der Waals surface area contributed by atoms with Crippen LogP contribution in [0, 0.1) is 11.6 Å². The maximum absolute atomic E-state index is 13.9. The fourth-order valence-corrected chi connectivity index (χ4v) is 5.31. The van der Waals surface area contributed by atoms with E-state index < -0.39 is 0 Å². The summed E-state index contributed by atoms with van der Waals surface area (Å²) in [6.45, 7) is 0.808. The van der Waals surface area contributed by atoms with Crippen molar-refractivity contribution in [1.29, 1.82) is 0 Å². The van der Waals surface area contributed by atoms with Crippen LogP contribution in [-0.2, 0) is 26.1 Å². The van der Waals surface area contributed by atoms with Gasteiger partial charge in [0.1, 0.15) is 35.3 Å². The average molecular weight is 567 g/mol. The van der Waals surface area contributed by atoms with Crippen molar-refractivity contribution >= 4 is 16.8 Å². The first kappa shape index (κ1) is 27.2. The van der Waals surface area contributed by atoms with Gasteiger partial charge in [-0.3, -0.25) is 9.78 Å². The number of ether oxygens (including phenoxy) is 3. The van der Waals surface area contributed by atoms with Crippen LogP contribution in [0.3, 0.4) is 0 Å². The minimum atomic E-state index is -0.334. The van der Waals surface area contributed by atoms with Gasteiger partial charge in [0.15, 0.2) is 5.75 Å². The SMILES string of the molecule is COc1ccc(COc2c3c(c(OC)c4cc(Cc5ccc(F)cc5)cnc24)CN(Cc2ccc(F)cc2)C3=O)cc1. The molecule has 1 aliphatic rings. The maximum atomic E-state index is 13.9. The van der Waals surface area contributed by atoms with Crippen LogP contribution < -0.4 is 14.2 Å². The average Bonchev–Trinajstić information content (AvgIpc) is 3.32. The molecule has 0 atom stereocenters. The van der Waals surface area contributed by atoms with Gasteiger partial charge in [0.2, 0.25) is 0 Å². The molecular weight excluding hydrogens is 538 g/mol. The van der Waals surface area contributed by atoms with E-state index in [-0.39, 0.29) is 24.1 Å². The van der Waals surface area contributed by atoms with Crippen LogP contribution in [0.2, 0.25) is 0 Å². The predicted molar refractivity (Wildman–Crippen MR) is 155 cm³/mol. The summed E-state index contributed by atoms with van der Waals surface area (Å²) in [6.07, 6.45) is 2.29. The minimum absolute atomic E-state index is 0.210. The van der Waals surface area contributed by atoms with Crippen LogP contribution in [0.4, 0.5) is 8.78 Å². The van der Waals surface area contributed by atoms with Crippen LogP contribution in [0.15, 0.2) is 85.1 Å². The summed E-state index contributed by atoms with van der Waals surface area (Å²) in [4.78, 5) is 20.3. The van der Waals surface area contributed by atoms with Crippen molar-refractivity contribution in [1.82, 2.24) is 9.88 Å². The van der Waals surface area contributed by atoms with E-state index in [4.69, 9.17) is 19.2 Å². The molecule has 8 heteroatoms. The van der Waals surface area contributed by atoms with E-state index in [0.29, 0.717) is 47.7 Å². The largest absolute Gasteiger partial charge is 0.497 e. The molecule has 0 saturated carbocycles. The maximum Gasteiger partial charge on any atom is 0.258 e. The van der Waals surface area contributed by atoms with Crippen LogP contribution in [0.25, 0.3) is 10.9 Å². The number of halogens is 2. The van der Waals surface area contributed by atoms with Gasteiger partial charge in [-0.15, -0.1) is 0 Å². The highest BCUT2D eigenvalue weighted by Crippen LogP contribution is 2.45. The second-order valence-electron chi connectivity index (χ2n) is 10.2. The first-order valence-corrected chi connectivity index (χ1v) is 13.5. The Labute approximate surface area is 242 Å². The van der Waals surface area contributed by atoms with E-state index in [1.54, 1.807) is 49.6 Å². The summed E-state index contributed by atoms with van der Waals surface area (Å²) in [6, 6.07) is 22.0.